The fraction of sp³-hybridized carbons (Fsp3) is 0.536. The number of carbonyl (C=O) groups excluding carboxylic acids is 4. The van der Waals surface area contributed by atoms with Crippen molar-refractivity contribution in [3.8, 4) is 0 Å². The summed E-state index contributed by atoms with van der Waals surface area (Å²) >= 11 is 0. The molecule has 5 aliphatic rings. The Bertz CT molecular complexity index is 1290. The van der Waals surface area contributed by atoms with Crippen LogP contribution in [0.1, 0.15) is 29.9 Å². The van der Waals surface area contributed by atoms with Gasteiger partial charge < -0.3 is 30.2 Å². The molecule has 2 bridgehead atoms. The lowest BCUT2D eigenvalue weighted by molar-refractivity contribution is -0.151. The highest BCUT2D eigenvalue weighted by molar-refractivity contribution is 5.95. The van der Waals surface area contributed by atoms with Gasteiger partial charge in [-0.3, -0.25) is 19.2 Å². The van der Waals surface area contributed by atoms with E-state index < -0.39 is 28.9 Å². The number of H-pyrrole nitrogens is 1. The Balaban J connectivity index is 1.33. The number of rotatable bonds is 5. The minimum atomic E-state index is -0.993. The van der Waals surface area contributed by atoms with E-state index in [1.54, 1.807) is 4.90 Å². The SMILES string of the molecule is CNC(=O)[C@H]1NC(=O)[C@H]2CN(C(=O)c3cnc[nH]3)CC23CN(C3)C(=O)[C@H]2C([C@H]1OCc1ccccc1)C2(C)C. The number of benzene rings is 1. The molecular formula is C28H34N6O5. The molecule has 1 spiro atoms. The summed E-state index contributed by atoms with van der Waals surface area (Å²) in [6, 6.07) is 8.63. The summed E-state index contributed by atoms with van der Waals surface area (Å²) in [7, 11) is 1.53. The predicted molar refractivity (Wildman–Crippen MR) is 139 cm³/mol. The molecule has 1 aliphatic carbocycles. The second-order valence-corrected chi connectivity index (χ2v) is 11.9. The third kappa shape index (κ3) is 4.10. The van der Waals surface area contributed by atoms with Crippen molar-refractivity contribution >= 4 is 23.6 Å². The summed E-state index contributed by atoms with van der Waals surface area (Å²) in [5.74, 6) is -2.05. The van der Waals surface area contributed by atoms with Crippen molar-refractivity contribution in [3.05, 3.63) is 54.1 Å². The number of nitrogens with one attached hydrogen (secondary N) is 3. The summed E-state index contributed by atoms with van der Waals surface area (Å²) in [5.41, 5.74) is 0.306. The van der Waals surface area contributed by atoms with Crippen LogP contribution < -0.4 is 10.6 Å². The van der Waals surface area contributed by atoms with E-state index in [-0.39, 0.29) is 48.6 Å². The van der Waals surface area contributed by atoms with Gasteiger partial charge in [0.1, 0.15) is 11.7 Å². The molecule has 206 valence electrons. The number of likely N-dealkylation sites (N-methyl/N-ethyl adjacent to an activating group) is 1. The summed E-state index contributed by atoms with van der Waals surface area (Å²) < 4.78 is 6.41. The van der Waals surface area contributed by atoms with Gasteiger partial charge in [-0.05, 0) is 11.0 Å². The maximum atomic E-state index is 13.9. The Hall–Kier alpha value is -3.73. The van der Waals surface area contributed by atoms with E-state index >= 15 is 0 Å². The maximum absolute atomic E-state index is 13.9. The first-order chi connectivity index (χ1) is 18.7. The lowest BCUT2D eigenvalue weighted by atomic mass is 9.71. The highest BCUT2D eigenvalue weighted by Gasteiger charge is 2.70. The third-order valence-electron chi connectivity index (χ3n) is 9.27. The zero-order valence-corrected chi connectivity index (χ0v) is 22.3. The number of amides is 4. The Morgan fingerprint density at radius 3 is 2.56 bits per heavy atom. The topological polar surface area (TPSA) is 137 Å². The van der Waals surface area contributed by atoms with E-state index in [0.29, 0.717) is 25.3 Å². The van der Waals surface area contributed by atoms with Gasteiger partial charge in [0.05, 0.1) is 31.2 Å². The Labute approximate surface area is 226 Å². The molecule has 0 radical (unpaired) electrons. The van der Waals surface area contributed by atoms with Crippen molar-refractivity contribution in [3.63, 3.8) is 0 Å². The predicted octanol–water partition coefficient (Wildman–Crippen LogP) is 0.412. The number of likely N-dealkylation sites (tertiary alicyclic amines) is 1. The van der Waals surface area contributed by atoms with Crippen LogP contribution in [0.25, 0.3) is 0 Å². The van der Waals surface area contributed by atoms with Crippen LogP contribution in [0.2, 0.25) is 0 Å². The average Bonchev–Trinajstić information content (AvgIpc) is 3.31. The van der Waals surface area contributed by atoms with Gasteiger partial charge >= 0.3 is 0 Å². The number of fused-ring (bicyclic) bond motifs is 3. The van der Waals surface area contributed by atoms with Crippen LogP contribution >= 0.6 is 0 Å². The Morgan fingerprint density at radius 1 is 1.15 bits per heavy atom. The van der Waals surface area contributed by atoms with E-state index in [4.69, 9.17) is 4.74 Å². The smallest absolute Gasteiger partial charge is 0.271 e. The van der Waals surface area contributed by atoms with Crippen LogP contribution in [0.15, 0.2) is 42.9 Å². The zero-order chi connectivity index (χ0) is 27.5. The van der Waals surface area contributed by atoms with E-state index in [2.05, 4.69) is 20.6 Å². The molecule has 1 saturated carbocycles. The molecule has 4 amide bonds. The van der Waals surface area contributed by atoms with Crippen molar-refractivity contribution in [2.75, 3.05) is 33.2 Å². The Kier molecular flexibility index (Phi) is 6.01. The van der Waals surface area contributed by atoms with Crippen molar-refractivity contribution < 1.29 is 23.9 Å². The number of imidazole rings is 1. The second kappa shape index (κ2) is 9.18. The summed E-state index contributed by atoms with van der Waals surface area (Å²) in [4.78, 5) is 64.3. The first kappa shape index (κ1) is 25.5. The van der Waals surface area contributed by atoms with Gasteiger partial charge in [-0.15, -0.1) is 0 Å². The van der Waals surface area contributed by atoms with Gasteiger partial charge in [0.15, 0.2) is 0 Å². The first-order valence-electron chi connectivity index (χ1n) is 13.4. The summed E-state index contributed by atoms with van der Waals surface area (Å²) in [5, 5.41) is 5.69. The maximum Gasteiger partial charge on any atom is 0.271 e. The van der Waals surface area contributed by atoms with Crippen LogP contribution in [0.5, 0.6) is 0 Å². The number of nitrogens with zero attached hydrogens (tertiary/aromatic N) is 3. The van der Waals surface area contributed by atoms with Crippen LogP contribution in [-0.2, 0) is 25.7 Å². The summed E-state index contributed by atoms with van der Waals surface area (Å²) in [6.07, 6.45) is 2.19. The van der Waals surface area contributed by atoms with Gasteiger partial charge in [0.2, 0.25) is 17.7 Å². The highest BCUT2D eigenvalue weighted by atomic mass is 16.5. The molecule has 1 unspecified atom stereocenters. The molecule has 4 saturated heterocycles. The fourth-order valence-corrected chi connectivity index (χ4v) is 7.06. The minimum Gasteiger partial charge on any atom is -0.371 e. The van der Waals surface area contributed by atoms with Crippen molar-refractivity contribution in [1.29, 1.82) is 0 Å². The van der Waals surface area contributed by atoms with Gasteiger partial charge in [-0.25, -0.2) is 4.98 Å². The molecule has 7 rings (SSSR count). The second-order valence-electron chi connectivity index (χ2n) is 11.9. The molecule has 11 nitrogen and oxygen atoms in total. The normalized spacial score (nSPS) is 30.3. The average molecular weight is 535 g/mol. The van der Waals surface area contributed by atoms with E-state index in [9.17, 15) is 19.2 Å². The Morgan fingerprint density at radius 2 is 1.90 bits per heavy atom. The number of hydrogen-bond acceptors (Lipinski definition) is 6. The zero-order valence-electron chi connectivity index (χ0n) is 22.3. The molecule has 5 fully saturated rings. The molecular weight excluding hydrogens is 500 g/mol. The number of carbonyl (C=O) groups is 4. The van der Waals surface area contributed by atoms with Crippen LogP contribution in [0.3, 0.4) is 0 Å². The highest BCUT2D eigenvalue weighted by Crippen LogP contribution is 2.63. The number of aromatic amines is 1. The van der Waals surface area contributed by atoms with E-state index in [1.165, 1.54) is 19.6 Å². The lowest BCUT2D eigenvalue weighted by Crippen LogP contribution is -2.65. The van der Waals surface area contributed by atoms with E-state index in [1.807, 2.05) is 49.1 Å². The molecule has 5 atom stereocenters. The van der Waals surface area contributed by atoms with Gasteiger partial charge in [0, 0.05) is 50.5 Å². The van der Waals surface area contributed by atoms with Gasteiger partial charge in [0.25, 0.3) is 5.91 Å². The lowest BCUT2D eigenvalue weighted by Gasteiger charge is -2.50. The monoisotopic (exact) mass is 534 g/mol. The van der Waals surface area contributed by atoms with Gasteiger partial charge in [-0.1, -0.05) is 44.2 Å². The minimum absolute atomic E-state index is 0.0195. The number of hydrogen-bond donors (Lipinski definition) is 3. The van der Waals surface area contributed by atoms with Crippen molar-refractivity contribution in [2.45, 2.75) is 32.6 Å². The van der Waals surface area contributed by atoms with Crippen molar-refractivity contribution in [2.24, 2.45) is 28.6 Å². The quantitative estimate of drug-likeness (QED) is 0.508. The number of ether oxygens (including phenoxy) is 1. The van der Waals surface area contributed by atoms with Crippen LogP contribution in [0, 0.1) is 28.6 Å². The first-order valence-corrected chi connectivity index (χ1v) is 13.4. The molecule has 4 aliphatic heterocycles. The molecule has 3 N–H and O–H groups in total. The molecule has 11 heteroatoms. The number of aromatic nitrogens is 2. The molecule has 2 aromatic rings. The summed E-state index contributed by atoms with van der Waals surface area (Å²) in [6.45, 7) is 5.62. The third-order valence-corrected chi connectivity index (χ3v) is 9.27. The van der Waals surface area contributed by atoms with Crippen molar-refractivity contribution in [1.82, 2.24) is 30.4 Å². The molecule has 5 heterocycles. The van der Waals surface area contributed by atoms with E-state index in [0.717, 1.165) is 5.56 Å². The van der Waals surface area contributed by atoms with Gasteiger partial charge in [-0.2, -0.15) is 0 Å². The van der Waals surface area contributed by atoms with Crippen LogP contribution in [0.4, 0.5) is 0 Å². The van der Waals surface area contributed by atoms with Crippen LogP contribution in [-0.4, -0.2) is 88.8 Å². The fourth-order valence-electron chi connectivity index (χ4n) is 7.06. The molecule has 1 aromatic carbocycles. The molecule has 1 aromatic heterocycles. The largest absolute Gasteiger partial charge is 0.371 e. The molecule has 39 heavy (non-hydrogen) atoms. The standard InChI is InChI=1S/C28H34N6O5/c1-27(2)19-20(27)26(38)34-13-28(14-34)12-33(25(37)18-9-30-15-31-18)10-17(28)23(35)32-21(24(36)29-3)22(19)39-11-16-7-5-4-6-8-16/h4-9,15,17,19-22H,10-14H2,1-3H3,(H,29,36)(H,30,31)(H,32,35)/t17-,19?,20-,21+,22-/m1/s1.